The zero-order valence-electron chi connectivity index (χ0n) is 18.0. The summed E-state index contributed by atoms with van der Waals surface area (Å²) in [7, 11) is 4.11. The van der Waals surface area contributed by atoms with Gasteiger partial charge < -0.3 is 19.5 Å². The Morgan fingerprint density at radius 2 is 1.75 bits per heavy atom. The Balaban J connectivity index is 0.000000800. The minimum Gasteiger partial charge on any atom is -0.550 e. The minimum atomic E-state index is -1.09. The van der Waals surface area contributed by atoms with Crippen LogP contribution in [0.25, 0.3) is 5.57 Å². The molecule has 0 aromatic heterocycles. The minimum absolute atomic E-state index is 0. The molecule has 0 radical (unpaired) electrons. The van der Waals surface area contributed by atoms with Gasteiger partial charge in [0.05, 0.1) is 0 Å². The first-order valence-corrected chi connectivity index (χ1v) is 9.30. The molecule has 0 aliphatic carbocycles. The van der Waals surface area contributed by atoms with Crippen molar-refractivity contribution in [2.75, 3.05) is 20.6 Å². The number of carboxylic acids is 1. The molecule has 0 fully saturated rings. The molecule has 0 unspecified atom stereocenters. The molecule has 5 heteroatoms. The Morgan fingerprint density at radius 3 is 2.32 bits per heavy atom. The monoisotopic (exact) mass is 391 g/mol. The molecule has 146 valence electrons. The fourth-order valence-electron chi connectivity index (χ4n) is 2.46. The molecule has 28 heavy (non-hydrogen) atoms. The van der Waals surface area contributed by atoms with E-state index >= 15 is 0 Å². The van der Waals surface area contributed by atoms with Crippen molar-refractivity contribution in [2.24, 2.45) is 0 Å². The summed E-state index contributed by atoms with van der Waals surface area (Å²) in [6.45, 7) is 11.9. The number of carbonyl (C=O) groups is 1. The van der Waals surface area contributed by atoms with E-state index in [1.165, 1.54) is 0 Å². The van der Waals surface area contributed by atoms with Crippen molar-refractivity contribution in [3.63, 3.8) is 0 Å². The van der Waals surface area contributed by atoms with Crippen LogP contribution in [0.5, 0.6) is 5.75 Å². The van der Waals surface area contributed by atoms with Gasteiger partial charge in [-0.15, -0.1) is 0 Å². The number of fused-ring (bicyclic) bond motifs is 2. The van der Waals surface area contributed by atoms with Gasteiger partial charge in [-0.2, -0.15) is 0 Å². The zero-order chi connectivity index (χ0) is 20.4. The van der Waals surface area contributed by atoms with Crippen LogP contribution in [0.3, 0.4) is 0 Å². The van der Waals surface area contributed by atoms with Crippen molar-refractivity contribution in [3.8, 4) is 5.75 Å². The second-order valence-corrected chi connectivity index (χ2v) is 6.20. The van der Waals surface area contributed by atoms with E-state index in [4.69, 9.17) is 4.74 Å². The van der Waals surface area contributed by atoms with Crippen LogP contribution in [0, 0.1) is 0 Å². The maximum atomic E-state index is 10.7. The summed E-state index contributed by atoms with van der Waals surface area (Å²) in [5.41, 5.74) is 4.50. The maximum Gasteiger partial charge on any atom is 1.00 e. The number of aliphatic carboxylic acids is 1. The van der Waals surface area contributed by atoms with Gasteiger partial charge in [0.1, 0.15) is 12.4 Å². The van der Waals surface area contributed by atoms with Crippen molar-refractivity contribution < 1.29 is 44.2 Å². The van der Waals surface area contributed by atoms with Crippen LogP contribution >= 0.6 is 0 Å². The molecule has 2 aromatic carbocycles. The van der Waals surface area contributed by atoms with E-state index in [1.807, 2.05) is 44.2 Å². The van der Waals surface area contributed by atoms with E-state index in [0.717, 1.165) is 34.6 Å². The summed E-state index contributed by atoms with van der Waals surface area (Å²) >= 11 is 0. The molecule has 3 rings (SSSR count). The number of hydrogen-bond donors (Lipinski definition) is 0. The summed E-state index contributed by atoms with van der Waals surface area (Å²) in [5, 5.41) is 10.7. The van der Waals surface area contributed by atoms with Crippen LogP contribution in [0.15, 0.2) is 49.0 Å². The van der Waals surface area contributed by atoms with Crippen LogP contribution in [-0.4, -0.2) is 31.5 Å². The van der Waals surface area contributed by atoms with Crippen LogP contribution in [0.2, 0.25) is 0 Å². The summed E-state index contributed by atoms with van der Waals surface area (Å²) in [6, 6.07) is 13.3. The Kier molecular flexibility index (Phi) is 12.8. The smallest absolute Gasteiger partial charge is 0.550 e. The molecule has 4 nitrogen and oxygen atoms in total. The molecule has 0 amide bonds. The largest absolute Gasteiger partial charge is 1.00 e. The van der Waals surface area contributed by atoms with Gasteiger partial charge in [0, 0.05) is 18.0 Å². The van der Waals surface area contributed by atoms with Crippen LogP contribution in [-0.2, 0) is 17.8 Å². The van der Waals surface area contributed by atoms with Crippen molar-refractivity contribution >= 4 is 11.5 Å². The van der Waals surface area contributed by atoms with Crippen LogP contribution in [0.1, 0.15) is 43.0 Å². The van der Waals surface area contributed by atoms with Gasteiger partial charge in [0.2, 0.25) is 0 Å². The predicted octanol–water partition coefficient (Wildman–Crippen LogP) is 0.531. The Bertz CT molecular complexity index is 772. The normalized spacial score (nSPS) is 11.1. The SMILES string of the molecule is C=C1c2ccccc2COc2ccc(CC(=O)[O-])cc21.CC.CCN(C)C.[Na+]. The van der Waals surface area contributed by atoms with Gasteiger partial charge in [-0.1, -0.05) is 57.7 Å². The average molecular weight is 391 g/mol. The fraction of sp³-hybridized carbons (Fsp3) is 0.348. The Hall–Kier alpha value is -1.59. The quantitative estimate of drug-likeness (QED) is 0.717. The van der Waals surface area contributed by atoms with E-state index in [0.29, 0.717) is 12.2 Å². The molecule has 1 aliphatic heterocycles. The number of rotatable bonds is 3. The predicted molar refractivity (Wildman–Crippen MR) is 110 cm³/mol. The molecule has 0 bridgehead atoms. The van der Waals surface area contributed by atoms with Crippen molar-refractivity contribution in [2.45, 2.75) is 33.8 Å². The first-order valence-electron chi connectivity index (χ1n) is 9.30. The second-order valence-electron chi connectivity index (χ2n) is 6.20. The van der Waals surface area contributed by atoms with E-state index in [2.05, 4.69) is 32.5 Å². The van der Waals surface area contributed by atoms with E-state index in [-0.39, 0.29) is 36.0 Å². The third-order valence-corrected chi connectivity index (χ3v) is 4.08. The molecule has 1 heterocycles. The molecule has 2 aromatic rings. The third-order valence-electron chi connectivity index (χ3n) is 4.08. The van der Waals surface area contributed by atoms with Crippen LogP contribution in [0.4, 0.5) is 0 Å². The molecule has 0 spiro atoms. The first kappa shape index (κ1) is 26.4. The van der Waals surface area contributed by atoms with Crippen LogP contribution < -0.4 is 39.4 Å². The number of ether oxygens (including phenoxy) is 1. The topological polar surface area (TPSA) is 52.6 Å². The Labute approximate surface area is 191 Å². The third kappa shape index (κ3) is 7.80. The molecule has 0 saturated heterocycles. The van der Waals surface area contributed by atoms with E-state index in [1.54, 1.807) is 12.1 Å². The fourth-order valence-corrected chi connectivity index (χ4v) is 2.46. The average Bonchev–Trinajstić information content (AvgIpc) is 2.81. The van der Waals surface area contributed by atoms with Gasteiger partial charge in [-0.3, -0.25) is 0 Å². The summed E-state index contributed by atoms with van der Waals surface area (Å²) in [4.78, 5) is 12.8. The second kappa shape index (κ2) is 13.6. The molecular formula is C23H30NNaO3. The van der Waals surface area contributed by atoms with Crippen molar-refractivity contribution in [1.82, 2.24) is 4.90 Å². The summed E-state index contributed by atoms with van der Waals surface area (Å²) in [6.07, 6.45) is -0.109. The van der Waals surface area contributed by atoms with E-state index in [9.17, 15) is 9.90 Å². The Morgan fingerprint density at radius 1 is 1.14 bits per heavy atom. The van der Waals surface area contributed by atoms with Gasteiger partial charge in [-0.05, 0) is 55.0 Å². The summed E-state index contributed by atoms with van der Waals surface area (Å²) in [5.74, 6) is -0.362. The van der Waals surface area contributed by atoms with E-state index < -0.39 is 5.97 Å². The van der Waals surface area contributed by atoms with Gasteiger partial charge >= 0.3 is 29.6 Å². The molecule has 1 aliphatic rings. The van der Waals surface area contributed by atoms with Gasteiger partial charge in [0.25, 0.3) is 0 Å². The number of nitrogens with zero attached hydrogens (tertiary/aromatic N) is 1. The number of carbonyl (C=O) groups excluding carboxylic acids is 1. The zero-order valence-corrected chi connectivity index (χ0v) is 20.0. The standard InChI is InChI=1S/C17H14O3.C4H11N.C2H6.Na/c1-11-14-5-3-2-4-13(14)10-20-16-7-6-12(8-15(11)16)9-17(18)19;1-4-5(2)3;1-2;/h2-8H,1,9-10H2,(H,18,19);4H2,1-3H3;1-2H3;/q;;;+1/p-1. The first-order chi connectivity index (χ1) is 12.9. The molecule has 0 saturated carbocycles. The number of carboxylic acid groups (broad SMARTS) is 1. The van der Waals surface area contributed by atoms with Crippen molar-refractivity contribution in [1.29, 1.82) is 0 Å². The number of benzene rings is 2. The van der Waals surface area contributed by atoms with Crippen molar-refractivity contribution in [3.05, 3.63) is 71.3 Å². The maximum absolute atomic E-state index is 10.7. The molecular weight excluding hydrogens is 361 g/mol. The molecule has 0 N–H and O–H groups in total. The number of hydrogen-bond acceptors (Lipinski definition) is 4. The molecule has 0 atom stereocenters. The summed E-state index contributed by atoms with van der Waals surface area (Å²) < 4.78 is 5.78. The van der Waals surface area contributed by atoms with Gasteiger partial charge in [0.15, 0.2) is 0 Å². The van der Waals surface area contributed by atoms with Gasteiger partial charge in [-0.25, -0.2) is 0 Å².